The lowest BCUT2D eigenvalue weighted by Crippen LogP contribution is -2.40. The number of likely N-dealkylation sites (tertiary alicyclic amines) is 1. The lowest BCUT2D eigenvalue weighted by atomic mass is 10.1. The second-order valence-corrected chi connectivity index (χ2v) is 6.88. The van der Waals surface area contributed by atoms with Crippen molar-refractivity contribution in [3.05, 3.63) is 29.6 Å². The summed E-state index contributed by atoms with van der Waals surface area (Å²) in [6.07, 6.45) is 2.05. The number of nitrogens with two attached hydrogens (primary N) is 1. The summed E-state index contributed by atoms with van der Waals surface area (Å²) in [4.78, 5) is 14.1. The molecule has 6 nitrogen and oxygen atoms in total. The van der Waals surface area contributed by atoms with Gasteiger partial charge in [-0.2, -0.15) is 0 Å². The number of likely N-dealkylation sites (N-methyl/N-ethyl adjacent to an activating group) is 1. The first-order valence-corrected chi connectivity index (χ1v) is 8.72. The van der Waals surface area contributed by atoms with Crippen LogP contribution in [0.5, 0.6) is 0 Å². The highest BCUT2D eigenvalue weighted by Crippen LogP contribution is 2.17. The first-order valence-electron chi connectivity index (χ1n) is 7.17. The predicted molar refractivity (Wildman–Crippen MR) is 80.4 cm³/mol. The van der Waals surface area contributed by atoms with E-state index in [1.165, 1.54) is 0 Å². The maximum absolute atomic E-state index is 13.7. The Balaban J connectivity index is 2.09. The van der Waals surface area contributed by atoms with Gasteiger partial charge in [-0.3, -0.25) is 9.69 Å². The van der Waals surface area contributed by atoms with Crippen LogP contribution in [0.25, 0.3) is 0 Å². The maximum Gasteiger partial charge on any atom is 0.254 e. The molecule has 0 aliphatic carbocycles. The molecule has 1 heterocycles. The smallest absolute Gasteiger partial charge is 0.254 e. The van der Waals surface area contributed by atoms with E-state index in [9.17, 15) is 17.6 Å². The molecule has 1 amide bonds. The second-order valence-electron chi connectivity index (χ2n) is 5.32. The molecule has 0 bridgehead atoms. The van der Waals surface area contributed by atoms with Crippen molar-refractivity contribution < 1.29 is 17.6 Å². The lowest BCUT2D eigenvalue weighted by molar-refractivity contribution is 0.0937. The van der Waals surface area contributed by atoms with Crippen LogP contribution >= 0.6 is 0 Å². The van der Waals surface area contributed by atoms with Gasteiger partial charge in [-0.1, -0.05) is 6.92 Å². The van der Waals surface area contributed by atoms with Gasteiger partial charge in [0.15, 0.2) is 0 Å². The summed E-state index contributed by atoms with van der Waals surface area (Å²) < 4.78 is 36.3. The van der Waals surface area contributed by atoms with Gasteiger partial charge in [-0.05, 0) is 44.1 Å². The van der Waals surface area contributed by atoms with Crippen LogP contribution in [0.2, 0.25) is 0 Å². The summed E-state index contributed by atoms with van der Waals surface area (Å²) in [6.45, 7) is 4.35. The molecule has 1 unspecified atom stereocenters. The number of nitrogens with zero attached hydrogens (tertiary/aromatic N) is 1. The van der Waals surface area contributed by atoms with E-state index >= 15 is 0 Å². The summed E-state index contributed by atoms with van der Waals surface area (Å²) in [5.74, 6) is -1.41. The first-order chi connectivity index (χ1) is 10.3. The molecule has 1 atom stereocenters. The zero-order valence-corrected chi connectivity index (χ0v) is 13.2. The van der Waals surface area contributed by atoms with E-state index in [4.69, 9.17) is 5.14 Å². The Morgan fingerprint density at radius 1 is 1.50 bits per heavy atom. The fourth-order valence-electron chi connectivity index (χ4n) is 2.70. The fraction of sp³-hybridized carbons (Fsp3) is 0.500. The third-order valence-corrected chi connectivity index (χ3v) is 4.83. The molecule has 1 aliphatic rings. The van der Waals surface area contributed by atoms with Gasteiger partial charge in [0.05, 0.1) is 10.5 Å². The number of amides is 1. The molecule has 0 radical (unpaired) electrons. The molecule has 1 aromatic carbocycles. The minimum Gasteiger partial charge on any atom is -0.350 e. The predicted octanol–water partition coefficient (Wildman–Crippen LogP) is 0.687. The molecule has 1 aliphatic heterocycles. The lowest BCUT2D eigenvalue weighted by Gasteiger charge is -2.22. The van der Waals surface area contributed by atoms with Crippen LogP contribution in [0.15, 0.2) is 23.1 Å². The number of benzene rings is 1. The van der Waals surface area contributed by atoms with Gasteiger partial charge in [0, 0.05) is 12.6 Å². The average Bonchev–Trinajstić information content (AvgIpc) is 2.91. The Hall–Kier alpha value is -1.51. The summed E-state index contributed by atoms with van der Waals surface area (Å²) >= 11 is 0. The fourth-order valence-corrected chi connectivity index (χ4v) is 3.24. The monoisotopic (exact) mass is 329 g/mol. The minimum atomic E-state index is -3.97. The van der Waals surface area contributed by atoms with Crippen LogP contribution in [-0.4, -0.2) is 44.9 Å². The largest absolute Gasteiger partial charge is 0.350 e. The van der Waals surface area contributed by atoms with E-state index in [2.05, 4.69) is 17.1 Å². The number of nitrogens with one attached hydrogen (secondary N) is 1. The number of halogens is 1. The Morgan fingerprint density at radius 3 is 2.86 bits per heavy atom. The Bertz CT molecular complexity index is 663. The summed E-state index contributed by atoms with van der Waals surface area (Å²) in [5.41, 5.74) is -0.312. The van der Waals surface area contributed by atoms with Gasteiger partial charge < -0.3 is 5.32 Å². The number of hydrogen-bond donors (Lipinski definition) is 2. The van der Waals surface area contributed by atoms with E-state index in [1.54, 1.807) is 0 Å². The third-order valence-electron chi connectivity index (χ3n) is 3.91. The summed E-state index contributed by atoms with van der Waals surface area (Å²) in [7, 11) is -3.97. The first kappa shape index (κ1) is 16.9. The molecule has 122 valence electrons. The highest BCUT2D eigenvalue weighted by atomic mass is 32.2. The zero-order valence-electron chi connectivity index (χ0n) is 12.4. The van der Waals surface area contributed by atoms with Crippen molar-refractivity contribution in [1.29, 1.82) is 0 Å². The van der Waals surface area contributed by atoms with Crippen molar-refractivity contribution in [3.63, 3.8) is 0 Å². The molecule has 1 fully saturated rings. The van der Waals surface area contributed by atoms with Gasteiger partial charge >= 0.3 is 0 Å². The number of hydrogen-bond acceptors (Lipinski definition) is 4. The quantitative estimate of drug-likeness (QED) is 0.831. The van der Waals surface area contributed by atoms with Crippen LogP contribution in [-0.2, 0) is 10.0 Å². The maximum atomic E-state index is 13.7. The molecule has 1 saturated heterocycles. The van der Waals surface area contributed by atoms with Crippen LogP contribution in [0, 0.1) is 5.82 Å². The van der Waals surface area contributed by atoms with Crippen LogP contribution in [0.1, 0.15) is 30.1 Å². The SMILES string of the molecule is CCN1CCCC1CNC(=O)c1cc(S(N)(=O)=O)ccc1F. The highest BCUT2D eigenvalue weighted by molar-refractivity contribution is 7.89. The minimum absolute atomic E-state index is 0.235. The van der Waals surface area contributed by atoms with Gasteiger partial charge in [0.25, 0.3) is 5.91 Å². The van der Waals surface area contributed by atoms with Crippen LogP contribution < -0.4 is 10.5 Å². The topological polar surface area (TPSA) is 92.5 Å². The highest BCUT2D eigenvalue weighted by Gasteiger charge is 2.24. The van der Waals surface area contributed by atoms with Crippen molar-refractivity contribution in [2.24, 2.45) is 5.14 Å². The van der Waals surface area contributed by atoms with Crippen LogP contribution in [0.3, 0.4) is 0 Å². The van der Waals surface area contributed by atoms with E-state index in [0.29, 0.717) is 6.54 Å². The van der Waals surface area contributed by atoms with Gasteiger partial charge in [-0.25, -0.2) is 17.9 Å². The van der Waals surface area contributed by atoms with E-state index < -0.39 is 21.7 Å². The molecular weight excluding hydrogens is 309 g/mol. The average molecular weight is 329 g/mol. The Labute approximate surface area is 129 Å². The van der Waals surface area contributed by atoms with Gasteiger partial charge in [0.1, 0.15) is 5.82 Å². The molecule has 2 rings (SSSR count). The van der Waals surface area contributed by atoms with Gasteiger partial charge in [-0.15, -0.1) is 0 Å². The standard InChI is InChI=1S/C14H20FN3O3S/c1-2-18-7-3-4-10(18)9-17-14(19)12-8-11(22(16,20)21)5-6-13(12)15/h5-6,8,10H,2-4,7,9H2,1H3,(H,17,19)(H2,16,20,21). The molecule has 22 heavy (non-hydrogen) atoms. The molecular formula is C14H20FN3O3S. The number of carbonyl (C=O) groups is 1. The van der Waals surface area contributed by atoms with E-state index in [-0.39, 0.29) is 16.5 Å². The molecule has 0 spiro atoms. The normalized spacial score (nSPS) is 19.3. The summed E-state index contributed by atoms with van der Waals surface area (Å²) in [5, 5.41) is 7.67. The number of primary sulfonamides is 1. The van der Waals surface area contributed by atoms with E-state index in [1.807, 2.05) is 0 Å². The molecule has 0 aromatic heterocycles. The molecule has 1 aromatic rings. The summed E-state index contributed by atoms with van der Waals surface area (Å²) in [6, 6.07) is 3.17. The van der Waals surface area contributed by atoms with Crippen molar-refractivity contribution in [3.8, 4) is 0 Å². The second kappa shape index (κ2) is 6.72. The third kappa shape index (κ3) is 3.82. The Kier molecular flexibility index (Phi) is 5.15. The van der Waals surface area contributed by atoms with E-state index in [0.717, 1.165) is 44.1 Å². The van der Waals surface area contributed by atoms with Crippen molar-refractivity contribution in [2.75, 3.05) is 19.6 Å². The number of sulfonamides is 1. The zero-order chi connectivity index (χ0) is 16.3. The Morgan fingerprint density at radius 2 is 2.23 bits per heavy atom. The van der Waals surface area contributed by atoms with Crippen molar-refractivity contribution in [1.82, 2.24) is 10.2 Å². The van der Waals surface area contributed by atoms with Crippen LogP contribution in [0.4, 0.5) is 4.39 Å². The van der Waals surface area contributed by atoms with Crippen molar-refractivity contribution >= 4 is 15.9 Å². The van der Waals surface area contributed by atoms with Crippen molar-refractivity contribution in [2.45, 2.75) is 30.7 Å². The van der Waals surface area contributed by atoms with Gasteiger partial charge in [0.2, 0.25) is 10.0 Å². The molecule has 3 N–H and O–H groups in total. The molecule has 0 saturated carbocycles. The molecule has 8 heteroatoms. The number of rotatable bonds is 5. The number of carbonyl (C=O) groups excluding carboxylic acids is 1.